The van der Waals surface area contributed by atoms with E-state index in [4.69, 9.17) is 0 Å². The van der Waals surface area contributed by atoms with E-state index in [2.05, 4.69) is 16.4 Å². The number of nitrogens with one attached hydrogen (secondary N) is 1. The maximum atomic E-state index is 12.5. The minimum absolute atomic E-state index is 0.0733. The van der Waals surface area contributed by atoms with Crippen molar-refractivity contribution < 1.29 is 9.90 Å². The molecule has 24 heavy (non-hydrogen) atoms. The Bertz CT molecular complexity index is 857. The highest BCUT2D eigenvalue weighted by Gasteiger charge is 2.36. The number of hydrogen-bond donors (Lipinski definition) is 2. The Morgan fingerprint density at radius 1 is 1.29 bits per heavy atom. The highest BCUT2D eigenvalue weighted by Crippen LogP contribution is 2.38. The number of aliphatic hydroxyl groups is 1. The highest BCUT2D eigenvalue weighted by molar-refractivity contribution is 7.08. The lowest BCUT2D eigenvalue weighted by molar-refractivity contribution is 0.0235. The van der Waals surface area contributed by atoms with Crippen molar-refractivity contribution in [1.82, 2.24) is 10.3 Å². The van der Waals surface area contributed by atoms with E-state index in [0.29, 0.717) is 18.4 Å². The predicted molar refractivity (Wildman–Crippen MR) is 95.0 cm³/mol. The molecular weight excluding hydrogens is 320 g/mol. The van der Waals surface area contributed by atoms with Crippen molar-refractivity contribution in [2.24, 2.45) is 5.92 Å². The number of hydrogen-bond acceptors (Lipinski definition) is 4. The Kier molecular flexibility index (Phi) is 4.04. The summed E-state index contributed by atoms with van der Waals surface area (Å²) in [5, 5.41) is 17.6. The third-order valence-electron chi connectivity index (χ3n) is 4.66. The second-order valence-electron chi connectivity index (χ2n) is 6.31. The van der Waals surface area contributed by atoms with Gasteiger partial charge in [-0.05, 0) is 47.9 Å². The topological polar surface area (TPSA) is 62.2 Å². The summed E-state index contributed by atoms with van der Waals surface area (Å²) in [7, 11) is 0. The first-order chi connectivity index (χ1) is 11.7. The maximum absolute atomic E-state index is 12.5. The fourth-order valence-electron chi connectivity index (χ4n) is 3.25. The second-order valence-corrected chi connectivity index (χ2v) is 7.09. The van der Waals surface area contributed by atoms with Crippen LogP contribution in [0.25, 0.3) is 10.9 Å². The third kappa shape index (κ3) is 2.92. The molecule has 0 saturated heterocycles. The molecule has 1 aliphatic carbocycles. The average Bonchev–Trinajstić information content (AvgIpc) is 3.11. The van der Waals surface area contributed by atoms with E-state index in [0.717, 1.165) is 16.5 Å². The Morgan fingerprint density at radius 3 is 2.88 bits per heavy atom. The summed E-state index contributed by atoms with van der Waals surface area (Å²) < 4.78 is 0. The molecule has 1 aromatic carbocycles. The lowest BCUT2D eigenvalue weighted by atomic mass is 9.75. The Labute approximate surface area is 144 Å². The van der Waals surface area contributed by atoms with Gasteiger partial charge in [0, 0.05) is 17.0 Å². The fraction of sp³-hybridized carbons (Fsp3) is 0.263. The van der Waals surface area contributed by atoms with Gasteiger partial charge < -0.3 is 10.4 Å². The maximum Gasteiger partial charge on any atom is 0.252 e. The first-order valence-corrected chi connectivity index (χ1v) is 9.01. The molecule has 0 bridgehead atoms. The lowest BCUT2D eigenvalue weighted by Crippen LogP contribution is -2.41. The summed E-state index contributed by atoms with van der Waals surface area (Å²) in [5.41, 5.74) is 2.62. The van der Waals surface area contributed by atoms with Gasteiger partial charge in [0.25, 0.3) is 5.91 Å². The number of aromatic nitrogens is 1. The first kappa shape index (κ1) is 15.3. The quantitative estimate of drug-likeness (QED) is 0.765. The van der Waals surface area contributed by atoms with Gasteiger partial charge in [-0.3, -0.25) is 9.78 Å². The molecule has 0 radical (unpaired) electrons. The van der Waals surface area contributed by atoms with Gasteiger partial charge in [0.15, 0.2) is 0 Å². The van der Waals surface area contributed by atoms with E-state index in [1.807, 2.05) is 47.3 Å². The number of carbonyl (C=O) groups is 1. The molecule has 3 aromatic rings. The molecule has 122 valence electrons. The van der Waals surface area contributed by atoms with E-state index in [1.165, 1.54) is 11.3 Å². The molecule has 1 atom stereocenters. The molecule has 4 nitrogen and oxygen atoms in total. The van der Waals surface area contributed by atoms with Crippen LogP contribution in [0.2, 0.25) is 0 Å². The molecule has 0 unspecified atom stereocenters. The van der Waals surface area contributed by atoms with Crippen LogP contribution in [0.5, 0.6) is 0 Å². The molecule has 1 fully saturated rings. The zero-order valence-electron chi connectivity index (χ0n) is 13.1. The van der Waals surface area contributed by atoms with Crippen LogP contribution in [0, 0.1) is 5.92 Å². The normalized spacial score (nSPS) is 21.2. The number of carbonyl (C=O) groups excluding carboxylic acids is 1. The van der Waals surface area contributed by atoms with Crippen molar-refractivity contribution >= 4 is 28.1 Å². The van der Waals surface area contributed by atoms with Crippen LogP contribution in [-0.4, -0.2) is 22.1 Å². The number of benzene rings is 1. The number of para-hydroxylation sites is 1. The molecule has 4 rings (SSSR count). The Balaban J connectivity index is 1.65. The largest absolute Gasteiger partial charge is 0.393 e. The molecule has 5 heteroatoms. The van der Waals surface area contributed by atoms with Gasteiger partial charge >= 0.3 is 0 Å². The number of aliphatic hydroxyl groups excluding tert-OH is 1. The summed E-state index contributed by atoms with van der Waals surface area (Å²) in [5.74, 6) is 0.168. The van der Waals surface area contributed by atoms with E-state index >= 15 is 0 Å². The zero-order valence-corrected chi connectivity index (χ0v) is 13.9. The SMILES string of the molecule is O=C(N[C@H](c1cnc2ccccc2c1)C1CC(O)C1)c1ccsc1. The van der Waals surface area contributed by atoms with E-state index in [9.17, 15) is 9.90 Å². The van der Waals surface area contributed by atoms with Gasteiger partial charge in [0.05, 0.1) is 23.2 Å². The number of nitrogens with zero attached hydrogens (tertiary/aromatic N) is 1. The summed E-state index contributed by atoms with van der Waals surface area (Å²) in [4.78, 5) is 17.0. The van der Waals surface area contributed by atoms with E-state index < -0.39 is 0 Å². The van der Waals surface area contributed by atoms with Crippen molar-refractivity contribution in [2.45, 2.75) is 25.0 Å². The Morgan fingerprint density at radius 2 is 2.12 bits per heavy atom. The molecule has 1 aliphatic rings. The smallest absolute Gasteiger partial charge is 0.252 e. The van der Waals surface area contributed by atoms with Crippen LogP contribution in [0.4, 0.5) is 0 Å². The summed E-state index contributed by atoms with van der Waals surface area (Å²) >= 11 is 1.51. The van der Waals surface area contributed by atoms with Gasteiger partial charge in [-0.25, -0.2) is 0 Å². The summed E-state index contributed by atoms with van der Waals surface area (Å²) in [6, 6.07) is 11.7. The summed E-state index contributed by atoms with van der Waals surface area (Å²) in [6.07, 6.45) is 3.00. The van der Waals surface area contributed by atoms with Crippen LogP contribution in [0.3, 0.4) is 0 Å². The van der Waals surface area contributed by atoms with Crippen LogP contribution >= 0.6 is 11.3 Å². The van der Waals surface area contributed by atoms with Gasteiger partial charge in [-0.1, -0.05) is 18.2 Å². The predicted octanol–water partition coefficient (Wildman–Crippen LogP) is 3.54. The molecule has 2 N–H and O–H groups in total. The molecule has 2 aromatic heterocycles. The molecule has 1 amide bonds. The molecule has 0 aliphatic heterocycles. The van der Waals surface area contributed by atoms with Gasteiger partial charge in [-0.2, -0.15) is 11.3 Å². The number of pyridine rings is 1. The number of thiophene rings is 1. The number of fused-ring (bicyclic) bond motifs is 1. The molecule has 0 spiro atoms. The average molecular weight is 338 g/mol. The van der Waals surface area contributed by atoms with Crippen LogP contribution in [-0.2, 0) is 0 Å². The van der Waals surface area contributed by atoms with E-state index in [-0.39, 0.29) is 24.0 Å². The summed E-state index contributed by atoms with van der Waals surface area (Å²) in [6.45, 7) is 0. The molecule has 1 saturated carbocycles. The molecule has 2 heterocycles. The first-order valence-electron chi connectivity index (χ1n) is 8.06. The third-order valence-corrected chi connectivity index (χ3v) is 5.34. The minimum atomic E-state index is -0.260. The Hall–Kier alpha value is -2.24. The van der Waals surface area contributed by atoms with Gasteiger partial charge in [0.2, 0.25) is 0 Å². The lowest BCUT2D eigenvalue weighted by Gasteiger charge is -2.38. The monoisotopic (exact) mass is 338 g/mol. The standard InChI is InChI=1S/C19H18N2O2S/c22-16-8-14(9-16)18(21-19(23)13-5-6-24-11-13)15-7-12-3-1-2-4-17(12)20-10-15/h1-7,10-11,14,16,18,22H,8-9H2,(H,21,23)/t14?,16?,18-/m0/s1. The van der Waals surface area contributed by atoms with Crippen LogP contribution in [0.1, 0.15) is 34.8 Å². The van der Waals surface area contributed by atoms with Crippen molar-refractivity contribution in [1.29, 1.82) is 0 Å². The second kappa shape index (κ2) is 6.34. The van der Waals surface area contributed by atoms with Crippen molar-refractivity contribution in [3.05, 3.63) is 64.5 Å². The van der Waals surface area contributed by atoms with Crippen LogP contribution in [0.15, 0.2) is 53.4 Å². The van der Waals surface area contributed by atoms with Crippen LogP contribution < -0.4 is 5.32 Å². The van der Waals surface area contributed by atoms with Crippen molar-refractivity contribution in [3.8, 4) is 0 Å². The van der Waals surface area contributed by atoms with Crippen molar-refractivity contribution in [3.63, 3.8) is 0 Å². The minimum Gasteiger partial charge on any atom is -0.393 e. The van der Waals surface area contributed by atoms with Gasteiger partial charge in [-0.15, -0.1) is 0 Å². The highest BCUT2D eigenvalue weighted by atomic mass is 32.1. The van der Waals surface area contributed by atoms with E-state index in [1.54, 1.807) is 0 Å². The van der Waals surface area contributed by atoms with Crippen molar-refractivity contribution in [2.75, 3.05) is 0 Å². The molecular formula is C19H18N2O2S. The zero-order chi connectivity index (χ0) is 16.5. The van der Waals surface area contributed by atoms with Gasteiger partial charge in [0.1, 0.15) is 0 Å². The number of rotatable bonds is 4. The fourth-order valence-corrected chi connectivity index (χ4v) is 3.89. The number of amides is 1.